The minimum Gasteiger partial charge on any atom is -0.496 e. The first-order chi connectivity index (χ1) is 22.9. The Balaban J connectivity index is 1.43. The SMILES string of the molecule is COc1cc(NC(=O)NCCCc2ccc(-c3ccccc3)c(N(C(=O)O)C3CCC(NC(=O)OC(C)(C)C)CC3)c2)c(Cl)cc1CO. The van der Waals surface area contributed by atoms with E-state index in [0.717, 1.165) is 16.7 Å². The van der Waals surface area contributed by atoms with Crippen LogP contribution in [0.4, 0.5) is 25.8 Å². The Hall–Kier alpha value is -4.48. The first kappa shape index (κ1) is 36.4. The Morgan fingerprint density at radius 2 is 1.71 bits per heavy atom. The molecule has 1 saturated carbocycles. The smallest absolute Gasteiger partial charge is 0.412 e. The zero-order valence-corrected chi connectivity index (χ0v) is 28.6. The maximum Gasteiger partial charge on any atom is 0.412 e. The molecule has 1 fully saturated rings. The van der Waals surface area contributed by atoms with Gasteiger partial charge >= 0.3 is 18.2 Å². The van der Waals surface area contributed by atoms with Crippen molar-refractivity contribution >= 4 is 41.2 Å². The Morgan fingerprint density at radius 3 is 2.33 bits per heavy atom. The summed E-state index contributed by atoms with van der Waals surface area (Å²) < 4.78 is 10.7. The van der Waals surface area contributed by atoms with Crippen LogP contribution in [0.25, 0.3) is 11.1 Å². The van der Waals surface area contributed by atoms with Gasteiger partial charge in [0.05, 0.1) is 30.1 Å². The molecular formula is C36H45ClN4O7. The van der Waals surface area contributed by atoms with Crippen molar-refractivity contribution in [3.8, 4) is 16.9 Å². The van der Waals surface area contributed by atoms with Gasteiger partial charge in [-0.2, -0.15) is 0 Å². The number of carbonyl (C=O) groups is 3. The van der Waals surface area contributed by atoms with E-state index in [1.807, 2.05) is 69.3 Å². The molecule has 0 aromatic heterocycles. The number of aliphatic hydroxyl groups excluding tert-OH is 1. The first-order valence-corrected chi connectivity index (χ1v) is 16.5. The van der Waals surface area contributed by atoms with E-state index >= 15 is 0 Å². The molecule has 0 radical (unpaired) electrons. The molecule has 0 bridgehead atoms. The number of hydrogen-bond donors (Lipinski definition) is 5. The van der Waals surface area contributed by atoms with Crippen molar-refractivity contribution in [1.82, 2.24) is 10.6 Å². The van der Waals surface area contributed by atoms with Crippen LogP contribution in [-0.4, -0.2) is 59.8 Å². The van der Waals surface area contributed by atoms with Gasteiger partial charge < -0.3 is 35.6 Å². The number of methoxy groups -OCH3 is 1. The van der Waals surface area contributed by atoms with Gasteiger partial charge in [-0.15, -0.1) is 0 Å². The number of hydrogen-bond acceptors (Lipinski definition) is 6. The fourth-order valence-corrected chi connectivity index (χ4v) is 6.10. The van der Waals surface area contributed by atoms with Crippen molar-refractivity contribution in [1.29, 1.82) is 0 Å². The Kier molecular flexibility index (Phi) is 12.5. The summed E-state index contributed by atoms with van der Waals surface area (Å²) in [6.45, 7) is 5.56. The van der Waals surface area contributed by atoms with Crippen LogP contribution in [0.3, 0.4) is 0 Å². The number of ether oxygens (including phenoxy) is 2. The monoisotopic (exact) mass is 680 g/mol. The standard InChI is InChI=1S/C36H45ClN4O7/c1-36(2,3)48-34(44)39-26-13-15-27(16-14-26)41(35(45)46)31-19-23(12-17-28(31)24-10-6-5-7-11-24)9-8-18-38-33(43)40-30-21-32(47-4)25(22-42)20-29(30)37/h5-7,10-12,17,19-21,26-27,42H,8-9,13-16,18,22H2,1-4H3,(H,39,44)(H,45,46)(H2,38,40,43). The van der Waals surface area contributed by atoms with Gasteiger partial charge in [-0.25, -0.2) is 14.4 Å². The van der Waals surface area contributed by atoms with E-state index in [4.69, 9.17) is 21.1 Å². The molecule has 4 amide bonds. The molecule has 0 saturated heterocycles. The highest BCUT2D eigenvalue weighted by Crippen LogP contribution is 2.37. The molecule has 0 heterocycles. The largest absolute Gasteiger partial charge is 0.496 e. The van der Waals surface area contributed by atoms with E-state index in [2.05, 4.69) is 16.0 Å². The second-order valence-electron chi connectivity index (χ2n) is 12.8. The fraction of sp³-hybridized carbons (Fsp3) is 0.417. The number of benzene rings is 3. The maximum atomic E-state index is 12.8. The summed E-state index contributed by atoms with van der Waals surface area (Å²) in [7, 11) is 1.47. The lowest BCUT2D eigenvalue weighted by Crippen LogP contribution is -2.47. The Bertz CT molecular complexity index is 1570. The summed E-state index contributed by atoms with van der Waals surface area (Å²) in [6, 6.07) is 17.9. The van der Waals surface area contributed by atoms with E-state index in [9.17, 15) is 24.6 Å². The lowest BCUT2D eigenvalue weighted by molar-refractivity contribution is 0.0490. The molecule has 12 heteroatoms. The zero-order chi connectivity index (χ0) is 34.8. The van der Waals surface area contributed by atoms with E-state index in [1.54, 1.807) is 12.1 Å². The average molecular weight is 681 g/mol. The quantitative estimate of drug-likeness (QED) is 0.131. The van der Waals surface area contributed by atoms with Gasteiger partial charge in [0.1, 0.15) is 11.4 Å². The highest BCUT2D eigenvalue weighted by atomic mass is 35.5. The van der Waals surface area contributed by atoms with Crippen molar-refractivity contribution < 1.29 is 34.1 Å². The zero-order valence-electron chi connectivity index (χ0n) is 27.8. The van der Waals surface area contributed by atoms with E-state index in [-0.39, 0.29) is 23.7 Å². The molecule has 0 atom stereocenters. The molecule has 3 aromatic rings. The molecule has 258 valence electrons. The van der Waals surface area contributed by atoms with Crippen LogP contribution in [0.15, 0.2) is 60.7 Å². The van der Waals surface area contributed by atoms with Crippen molar-refractivity contribution in [2.45, 2.75) is 83.6 Å². The van der Waals surface area contributed by atoms with Gasteiger partial charge in [0.15, 0.2) is 0 Å². The predicted molar refractivity (Wildman–Crippen MR) is 187 cm³/mol. The lowest BCUT2D eigenvalue weighted by atomic mass is 9.89. The van der Waals surface area contributed by atoms with Crippen molar-refractivity contribution in [2.75, 3.05) is 23.9 Å². The van der Waals surface area contributed by atoms with Crippen molar-refractivity contribution in [3.63, 3.8) is 0 Å². The van der Waals surface area contributed by atoms with Crippen LogP contribution in [-0.2, 0) is 17.8 Å². The highest BCUT2D eigenvalue weighted by Gasteiger charge is 2.32. The Labute approximate surface area is 286 Å². The molecule has 0 spiro atoms. The van der Waals surface area contributed by atoms with Crippen LogP contribution in [0, 0.1) is 0 Å². The summed E-state index contributed by atoms with van der Waals surface area (Å²) in [5.74, 6) is 0.410. The minimum atomic E-state index is -1.03. The molecule has 1 aliphatic carbocycles. The van der Waals surface area contributed by atoms with Crippen LogP contribution >= 0.6 is 11.6 Å². The summed E-state index contributed by atoms with van der Waals surface area (Å²) in [5, 5.41) is 28.7. The number of halogens is 1. The highest BCUT2D eigenvalue weighted by molar-refractivity contribution is 6.33. The van der Waals surface area contributed by atoms with Gasteiger partial charge in [0.25, 0.3) is 0 Å². The summed E-state index contributed by atoms with van der Waals surface area (Å²) in [6.07, 6.45) is 2.14. The second kappa shape index (κ2) is 16.6. The van der Waals surface area contributed by atoms with Crippen molar-refractivity contribution in [2.24, 2.45) is 0 Å². The molecule has 0 unspecified atom stereocenters. The third-order valence-electron chi connectivity index (χ3n) is 8.11. The van der Waals surface area contributed by atoms with Crippen molar-refractivity contribution in [3.05, 3.63) is 76.8 Å². The van der Waals surface area contributed by atoms with E-state index in [1.165, 1.54) is 12.0 Å². The topological polar surface area (TPSA) is 149 Å². The second-order valence-corrected chi connectivity index (χ2v) is 13.2. The molecule has 0 aliphatic heterocycles. The van der Waals surface area contributed by atoms with E-state index in [0.29, 0.717) is 67.8 Å². The number of alkyl carbamates (subject to hydrolysis) is 1. The fourth-order valence-electron chi connectivity index (χ4n) is 5.87. The molecule has 4 rings (SSSR count). The van der Waals surface area contributed by atoms with Gasteiger partial charge in [-0.3, -0.25) is 4.90 Å². The molecular weight excluding hydrogens is 636 g/mol. The summed E-state index contributed by atoms with van der Waals surface area (Å²) >= 11 is 6.27. The molecule has 11 nitrogen and oxygen atoms in total. The third-order valence-corrected chi connectivity index (χ3v) is 8.42. The average Bonchev–Trinajstić information content (AvgIpc) is 3.04. The number of anilines is 2. The number of carbonyl (C=O) groups excluding carboxylic acids is 2. The number of aliphatic hydroxyl groups is 1. The van der Waals surface area contributed by atoms with Gasteiger partial charge in [-0.1, -0.05) is 54.1 Å². The molecule has 1 aliphatic rings. The minimum absolute atomic E-state index is 0.0886. The maximum absolute atomic E-state index is 12.8. The number of carboxylic acid groups (broad SMARTS) is 1. The Morgan fingerprint density at radius 1 is 1.00 bits per heavy atom. The van der Waals surface area contributed by atoms with Crippen LogP contribution < -0.4 is 25.6 Å². The van der Waals surface area contributed by atoms with Gasteiger partial charge in [-0.05, 0) is 82.6 Å². The molecule has 48 heavy (non-hydrogen) atoms. The number of urea groups is 1. The molecule has 5 N–H and O–H groups in total. The van der Waals surface area contributed by atoms with Crippen LogP contribution in [0.1, 0.15) is 64.0 Å². The van der Waals surface area contributed by atoms with Crippen LogP contribution in [0.5, 0.6) is 5.75 Å². The summed E-state index contributed by atoms with van der Waals surface area (Å²) in [5.41, 5.74) is 3.53. The van der Waals surface area contributed by atoms with Gasteiger partial charge in [0, 0.05) is 35.8 Å². The normalized spacial score (nSPS) is 16.0. The van der Waals surface area contributed by atoms with E-state index < -0.39 is 23.8 Å². The first-order valence-electron chi connectivity index (χ1n) is 16.1. The predicted octanol–water partition coefficient (Wildman–Crippen LogP) is 7.58. The number of amides is 4. The number of rotatable bonds is 11. The van der Waals surface area contributed by atoms with Gasteiger partial charge in [0.2, 0.25) is 0 Å². The van der Waals surface area contributed by atoms with Crippen LogP contribution in [0.2, 0.25) is 5.02 Å². The number of aryl methyl sites for hydroxylation is 1. The lowest BCUT2D eigenvalue weighted by Gasteiger charge is -2.36. The number of nitrogens with zero attached hydrogens (tertiary/aromatic N) is 1. The number of nitrogens with one attached hydrogen (secondary N) is 3. The summed E-state index contributed by atoms with van der Waals surface area (Å²) in [4.78, 5) is 39.2. The third kappa shape index (κ3) is 10.0. The molecule has 3 aromatic carbocycles.